The van der Waals surface area contributed by atoms with Gasteiger partial charge in [0.15, 0.2) is 0 Å². The number of hydrogen-bond donors (Lipinski definition) is 1. The fraction of sp³-hybridized carbons (Fsp3) is 0.389. The second-order valence-electron chi connectivity index (χ2n) is 6.15. The van der Waals surface area contributed by atoms with Crippen LogP contribution in [-0.2, 0) is 16.1 Å². The Bertz CT molecular complexity index is 729. The van der Waals surface area contributed by atoms with E-state index in [0.29, 0.717) is 49.2 Å². The average Bonchev–Trinajstić information content (AvgIpc) is 2.57. The van der Waals surface area contributed by atoms with Crippen LogP contribution in [0.2, 0.25) is 0 Å². The summed E-state index contributed by atoms with van der Waals surface area (Å²) in [6, 6.07) is 6.25. The van der Waals surface area contributed by atoms with Gasteiger partial charge < -0.3 is 14.7 Å². The number of allylic oxidation sites excluding steroid dienone is 2. The van der Waals surface area contributed by atoms with Crippen LogP contribution in [-0.4, -0.2) is 53.3 Å². The smallest absolute Gasteiger partial charge is 0.335 e. The van der Waals surface area contributed by atoms with E-state index in [2.05, 4.69) is 0 Å². The molecule has 1 saturated heterocycles. The molecule has 1 unspecified atom stereocenters. The fourth-order valence-corrected chi connectivity index (χ4v) is 3.61. The topological polar surface area (TPSA) is 53.0 Å². The molecule has 1 N–H and O–H groups in total. The third kappa shape index (κ3) is 3.86. The van der Waals surface area contributed by atoms with E-state index in [1.165, 1.54) is 12.1 Å². The predicted molar refractivity (Wildman–Crippen MR) is 92.4 cm³/mol. The highest BCUT2D eigenvalue weighted by Gasteiger charge is 2.37. The Balaban J connectivity index is 1.98. The molecule has 0 saturated carbocycles. The van der Waals surface area contributed by atoms with Crippen LogP contribution in [0.4, 0.5) is 4.39 Å². The fourth-order valence-electron chi connectivity index (χ4n) is 3.29. The zero-order chi connectivity index (χ0) is 18.0. The molecular formula is C18H20ClFN2O3. The maximum absolute atomic E-state index is 13.5. The van der Waals surface area contributed by atoms with E-state index >= 15 is 0 Å². The summed E-state index contributed by atoms with van der Waals surface area (Å²) in [6.07, 6.45) is 1.14. The molecule has 0 amide bonds. The number of aliphatic carboxylic acids is 1. The molecule has 7 heteroatoms. The van der Waals surface area contributed by atoms with E-state index < -0.39 is 12.1 Å². The maximum Gasteiger partial charge on any atom is 0.335 e. The van der Waals surface area contributed by atoms with Gasteiger partial charge >= 0.3 is 5.97 Å². The van der Waals surface area contributed by atoms with Gasteiger partial charge in [-0.15, -0.1) is 0 Å². The highest BCUT2D eigenvalue weighted by molar-refractivity contribution is 6.29. The molecule has 25 heavy (non-hydrogen) atoms. The predicted octanol–water partition coefficient (Wildman–Crippen LogP) is 2.78. The van der Waals surface area contributed by atoms with Gasteiger partial charge in [-0.25, -0.2) is 9.18 Å². The van der Waals surface area contributed by atoms with Gasteiger partial charge in [-0.2, -0.15) is 0 Å². The molecule has 5 nitrogen and oxygen atoms in total. The Hall–Kier alpha value is -1.89. The lowest BCUT2D eigenvalue weighted by molar-refractivity contribution is -0.135. The lowest BCUT2D eigenvalue weighted by Crippen LogP contribution is -2.54. The Morgan fingerprint density at radius 3 is 2.76 bits per heavy atom. The first kappa shape index (κ1) is 17.9. The molecule has 2 aliphatic rings. The molecule has 2 aliphatic heterocycles. The SMILES string of the molecule is CC1=C(C(=O)O)C(N2CCOCC2)N(Cc2cccc(F)c2)C(Cl)=C1. The number of nitrogens with zero attached hydrogens (tertiary/aromatic N) is 2. The summed E-state index contributed by atoms with van der Waals surface area (Å²) in [5, 5.41) is 10.2. The van der Waals surface area contributed by atoms with Crippen molar-refractivity contribution in [1.82, 2.24) is 9.80 Å². The van der Waals surface area contributed by atoms with Crippen LogP contribution in [0.3, 0.4) is 0 Å². The monoisotopic (exact) mass is 366 g/mol. The van der Waals surface area contributed by atoms with Crippen molar-refractivity contribution in [1.29, 1.82) is 0 Å². The van der Waals surface area contributed by atoms with Crippen LogP contribution in [0.5, 0.6) is 0 Å². The van der Waals surface area contributed by atoms with E-state index in [-0.39, 0.29) is 5.82 Å². The molecular weight excluding hydrogens is 347 g/mol. The standard InChI is InChI=1S/C18H20ClFN2O3/c1-12-9-15(19)22(11-13-3-2-4-14(20)10-13)17(16(12)18(23)24)21-5-7-25-8-6-21/h2-4,9-10,17H,5-8,11H2,1H3,(H,23,24). The van der Waals surface area contributed by atoms with Crippen LogP contribution >= 0.6 is 11.6 Å². The van der Waals surface area contributed by atoms with Gasteiger partial charge in [-0.3, -0.25) is 4.90 Å². The van der Waals surface area contributed by atoms with Crippen molar-refractivity contribution in [2.45, 2.75) is 19.6 Å². The third-order valence-electron chi connectivity index (χ3n) is 4.45. The lowest BCUT2D eigenvalue weighted by Gasteiger charge is -2.44. The first-order valence-corrected chi connectivity index (χ1v) is 8.49. The minimum absolute atomic E-state index is 0.294. The van der Waals surface area contributed by atoms with E-state index in [1.54, 1.807) is 30.0 Å². The highest BCUT2D eigenvalue weighted by atomic mass is 35.5. The van der Waals surface area contributed by atoms with Gasteiger partial charge in [0.25, 0.3) is 0 Å². The molecule has 3 rings (SSSR count). The van der Waals surface area contributed by atoms with Crippen LogP contribution < -0.4 is 0 Å². The third-order valence-corrected chi connectivity index (χ3v) is 4.78. The van der Waals surface area contributed by atoms with Crippen molar-refractivity contribution in [2.75, 3.05) is 26.3 Å². The number of halogens is 2. The normalized spacial score (nSPS) is 22.1. The number of carbonyl (C=O) groups is 1. The molecule has 1 atom stereocenters. The van der Waals surface area contributed by atoms with E-state index in [1.807, 2.05) is 4.90 Å². The van der Waals surface area contributed by atoms with Gasteiger partial charge in [0.05, 0.1) is 18.8 Å². The van der Waals surface area contributed by atoms with E-state index in [9.17, 15) is 14.3 Å². The molecule has 0 aliphatic carbocycles. The summed E-state index contributed by atoms with van der Waals surface area (Å²) in [5.74, 6) is -1.30. The number of carboxylic acids is 1. The number of hydrogen-bond acceptors (Lipinski definition) is 4. The summed E-state index contributed by atoms with van der Waals surface area (Å²) in [4.78, 5) is 15.8. The summed E-state index contributed by atoms with van der Waals surface area (Å²) in [6.45, 7) is 4.37. The van der Waals surface area contributed by atoms with Crippen LogP contribution in [0, 0.1) is 5.82 Å². The number of ether oxygens (including phenoxy) is 1. The quantitative estimate of drug-likeness (QED) is 0.830. The average molecular weight is 367 g/mol. The zero-order valence-electron chi connectivity index (χ0n) is 13.9. The number of carboxylic acid groups (broad SMARTS) is 1. The zero-order valence-corrected chi connectivity index (χ0v) is 14.7. The molecule has 2 heterocycles. The summed E-state index contributed by atoms with van der Waals surface area (Å²) in [5.41, 5.74) is 1.65. The maximum atomic E-state index is 13.5. The van der Waals surface area contributed by atoms with Crippen LogP contribution in [0.25, 0.3) is 0 Å². The van der Waals surface area contributed by atoms with E-state index in [4.69, 9.17) is 16.3 Å². The minimum atomic E-state index is -0.973. The molecule has 0 aromatic heterocycles. The molecule has 1 aromatic rings. The van der Waals surface area contributed by atoms with Crippen molar-refractivity contribution >= 4 is 17.6 Å². The Morgan fingerprint density at radius 1 is 1.40 bits per heavy atom. The molecule has 1 fully saturated rings. The second-order valence-corrected chi connectivity index (χ2v) is 6.54. The summed E-state index contributed by atoms with van der Waals surface area (Å²) >= 11 is 6.46. The van der Waals surface area contributed by atoms with Crippen LogP contribution in [0.1, 0.15) is 12.5 Å². The first-order valence-electron chi connectivity index (χ1n) is 8.11. The molecule has 134 valence electrons. The van der Waals surface area contributed by atoms with Crippen molar-refractivity contribution < 1.29 is 19.0 Å². The van der Waals surface area contributed by atoms with Gasteiger partial charge in [0.2, 0.25) is 0 Å². The van der Waals surface area contributed by atoms with Gasteiger partial charge in [-0.05, 0) is 36.3 Å². The van der Waals surface area contributed by atoms with Crippen molar-refractivity contribution in [2.24, 2.45) is 0 Å². The number of rotatable bonds is 4. The van der Waals surface area contributed by atoms with Gasteiger partial charge in [0.1, 0.15) is 17.1 Å². The largest absolute Gasteiger partial charge is 0.478 e. The Morgan fingerprint density at radius 2 is 2.12 bits per heavy atom. The van der Waals surface area contributed by atoms with Gasteiger partial charge in [0, 0.05) is 19.6 Å². The van der Waals surface area contributed by atoms with Crippen molar-refractivity contribution in [3.8, 4) is 0 Å². The summed E-state index contributed by atoms with van der Waals surface area (Å²) in [7, 11) is 0. The number of morpholine rings is 1. The second kappa shape index (κ2) is 7.56. The molecule has 0 spiro atoms. The first-order chi connectivity index (χ1) is 12.0. The van der Waals surface area contributed by atoms with Gasteiger partial charge in [-0.1, -0.05) is 23.7 Å². The summed E-state index contributed by atoms with van der Waals surface area (Å²) < 4.78 is 18.9. The molecule has 0 radical (unpaired) electrons. The van der Waals surface area contributed by atoms with Crippen molar-refractivity contribution in [3.05, 3.63) is 58.0 Å². The lowest BCUT2D eigenvalue weighted by atomic mass is 10.00. The van der Waals surface area contributed by atoms with Crippen molar-refractivity contribution in [3.63, 3.8) is 0 Å². The van der Waals surface area contributed by atoms with E-state index in [0.717, 1.165) is 5.56 Å². The van der Waals surface area contributed by atoms with Crippen LogP contribution in [0.15, 0.2) is 46.6 Å². The Kier molecular flexibility index (Phi) is 5.42. The molecule has 0 bridgehead atoms. The minimum Gasteiger partial charge on any atom is -0.478 e. The molecule has 1 aromatic carbocycles. The Labute approximate surface area is 150 Å². The number of benzene rings is 1. The highest BCUT2D eigenvalue weighted by Crippen LogP contribution is 2.33.